The van der Waals surface area contributed by atoms with E-state index in [1.807, 2.05) is 50.1 Å². The summed E-state index contributed by atoms with van der Waals surface area (Å²) in [5.74, 6) is 1.42. The van der Waals surface area contributed by atoms with Crippen molar-refractivity contribution >= 4 is 45.8 Å². The van der Waals surface area contributed by atoms with Gasteiger partial charge in [0.05, 0.1) is 55.8 Å². The maximum Gasteiger partial charge on any atom is 0.407 e. The number of likely N-dealkylation sites (tertiary alicyclic amines) is 2. The number of H-pyrrole nitrogens is 2. The quantitative estimate of drug-likeness (QED) is 0.107. The fourth-order valence-corrected chi connectivity index (χ4v) is 9.23. The van der Waals surface area contributed by atoms with E-state index in [1.165, 1.54) is 14.2 Å². The fourth-order valence-electron chi connectivity index (χ4n) is 9.23. The lowest BCUT2D eigenvalue weighted by Crippen LogP contribution is -2.53. The van der Waals surface area contributed by atoms with Gasteiger partial charge in [0.1, 0.15) is 36.1 Å². The number of imidazole rings is 2. The number of carbonyl (C=O) groups is 4. The van der Waals surface area contributed by atoms with Crippen LogP contribution in [0.3, 0.4) is 0 Å². The van der Waals surface area contributed by atoms with Crippen molar-refractivity contribution in [2.75, 3.05) is 20.8 Å². The van der Waals surface area contributed by atoms with Gasteiger partial charge in [-0.25, -0.2) is 19.6 Å². The number of fused-ring (bicyclic) bond motifs is 6. The number of aromatic nitrogens is 4. The minimum absolute atomic E-state index is 0.0287. The number of aromatic amines is 2. The second-order valence-corrected chi connectivity index (χ2v) is 16.3. The number of nitrogens with one attached hydrogen (secondary N) is 4. The van der Waals surface area contributed by atoms with Crippen molar-refractivity contribution in [1.82, 2.24) is 40.4 Å². The highest BCUT2D eigenvalue weighted by Gasteiger charge is 2.43. The molecule has 0 aliphatic carbocycles. The van der Waals surface area contributed by atoms with Crippen molar-refractivity contribution in [2.24, 2.45) is 5.92 Å². The Balaban J connectivity index is 1.05. The van der Waals surface area contributed by atoms with E-state index in [0.717, 1.165) is 81.2 Å². The number of hydrogen-bond donors (Lipinski definition) is 5. The number of alkyl carbamates (subject to hydrolysis) is 2. The van der Waals surface area contributed by atoms with Crippen LogP contribution >= 0.6 is 0 Å². The molecule has 5 aromatic rings. The monoisotopic (exact) mass is 820 g/mol. The summed E-state index contributed by atoms with van der Waals surface area (Å²) < 4.78 is 15.9. The highest BCUT2D eigenvalue weighted by atomic mass is 16.5. The Morgan fingerprint density at radius 2 is 1.65 bits per heavy atom. The van der Waals surface area contributed by atoms with Crippen molar-refractivity contribution in [3.63, 3.8) is 0 Å². The van der Waals surface area contributed by atoms with Crippen LogP contribution in [0.4, 0.5) is 9.59 Å². The maximum atomic E-state index is 14.0. The van der Waals surface area contributed by atoms with Crippen LogP contribution in [0.2, 0.25) is 0 Å². The van der Waals surface area contributed by atoms with Gasteiger partial charge in [0.25, 0.3) is 0 Å². The van der Waals surface area contributed by atoms with Gasteiger partial charge < -0.3 is 49.7 Å². The zero-order chi connectivity index (χ0) is 42.4. The van der Waals surface area contributed by atoms with E-state index in [-0.39, 0.29) is 36.0 Å². The molecule has 6 atom stereocenters. The summed E-state index contributed by atoms with van der Waals surface area (Å²) in [4.78, 5) is 72.0. The summed E-state index contributed by atoms with van der Waals surface area (Å²) in [7, 11) is 2.50. The van der Waals surface area contributed by atoms with Gasteiger partial charge in [0.2, 0.25) is 11.8 Å². The highest BCUT2D eigenvalue weighted by Crippen LogP contribution is 2.44. The molecular formula is C44H52N8O8. The summed E-state index contributed by atoms with van der Waals surface area (Å²) in [6, 6.07) is 11.9. The Bertz CT molecular complexity index is 2460. The summed E-state index contributed by atoms with van der Waals surface area (Å²) >= 11 is 0. The van der Waals surface area contributed by atoms with E-state index >= 15 is 0 Å². The molecule has 16 nitrogen and oxygen atoms in total. The molecule has 0 radical (unpaired) electrons. The van der Waals surface area contributed by atoms with Crippen molar-refractivity contribution in [3.05, 3.63) is 65.9 Å². The van der Waals surface area contributed by atoms with Crippen LogP contribution in [0.1, 0.15) is 89.1 Å². The van der Waals surface area contributed by atoms with Gasteiger partial charge in [-0.2, -0.15) is 0 Å². The Kier molecular flexibility index (Phi) is 11.2. The first-order chi connectivity index (χ1) is 28.9. The van der Waals surface area contributed by atoms with Crippen LogP contribution in [0.5, 0.6) is 5.75 Å². The van der Waals surface area contributed by atoms with Crippen LogP contribution in [0, 0.1) is 5.92 Å². The van der Waals surface area contributed by atoms with E-state index < -0.39 is 36.8 Å². The fraction of sp³-hybridized carbons (Fsp3) is 0.455. The molecule has 4 amide bonds. The first kappa shape index (κ1) is 40.6. The molecule has 5 N–H and O–H groups in total. The third-order valence-corrected chi connectivity index (χ3v) is 12.4. The number of carbonyl (C=O) groups excluding carboxylic acids is 4. The van der Waals surface area contributed by atoms with Crippen LogP contribution in [0.15, 0.2) is 48.7 Å². The number of amides is 4. The third-order valence-electron chi connectivity index (χ3n) is 12.4. The predicted molar refractivity (Wildman–Crippen MR) is 223 cm³/mol. The van der Waals surface area contributed by atoms with Gasteiger partial charge >= 0.3 is 12.2 Å². The molecule has 5 heterocycles. The molecule has 2 saturated heterocycles. The molecule has 0 saturated carbocycles. The van der Waals surface area contributed by atoms with Crippen LogP contribution in [-0.2, 0) is 25.7 Å². The largest absolute Gasteiger partial charge is 0.488 e. The first-order valence-corrected chi connectivity index (χ1v) is 20.7. The lowest BCUT2D eigenvalue weighted by atomic mass is 9.92. The molecule has 60 heavy (non-hydrogen) atoms. The molecule has 16 heteroatoms. The average molecular weight is 821 g/mol. The van der Waals surface area contributed by atoms with E-state index in [2.05, 4.69) is 56.5 Å². The van der Waals surface area contributed by atoms with Gasteiger partial charge in [-0.05, 0) is 91.3 Å². The summed E-state index contributed by atoms with van der Waals surface area (Å²) in [5, 5.41) is 17.1. The van der Waals surface area contributed by atoms with E-state index in [9.17, 15) is 24.3 Å². The lowest BCUT2D eigenvalue weighted by Gasteiger charge is -2.34. The minimum atomic E-state index is -1.14. The third kappa shape index (κ3) is 7.26. The average Bonchev–Trinajstić information content (AvgIpc) is 4.08. The van der Waals surface area contributed by atoms with E-state index in [4.69, 9.17) is 19.4 Å². The molecular weight excluding hydrogens is 769 g/mol. The highest BCUT2D eigenvalue weighted by molar-refractivity contribution is 6.07. The first-order valence-electron chi connectivity index (χ1n) is 20.7. The van der Waals surface area contributed by atoms with Gasteiger partial charge in [0, 0.05) is 23.0 Å². The number of ether oxygens (including phenoxy) is 3. The van der Waals surface area contributed by atoms with Crippen molar-refractivity contribution in [1.29, 1.82) is 0 Å². The normalized spacial score (nSPS) is 20.7. The molecule has 0 unspecified atom stereocenters. The molecule has 0 spiro atoms. The van der Waals surface area contributed by atoms with Crippen LogP contribution in [-0.4, -0.2) is 104 Å². The number of aliphatic hydroxyl groups excluding tert-OH is 1. The SMILES string of the molecule is CC[C@H]1CC[C@@H](c2ncc(-c3ccc4c(c3)COc3cc5c(ccc6nc([C@@H]7CC[C@H](C)N7C(=O)[C@H](CO)NC(=O)OC)[nH]c65)cc3-4)[nH]2)N1C(=O)[C@@H](NC(=O)OC)C(C)C. The number of nitrogens with zero attached hydrogens (tertiary/aromatic N) is 4. The van der Waals surface area contributed by atoms with E-state index in [0.29, 0.717) is 24.7 Å². The van der Waals surface area contributed by atoms with Crippen LogP contribution in [0.25, 0.3) is 44.2 Å². The van der Waals surface area contributed by atoms with Crippen molar-refractivity contribution in [2.45, 2.75) is 103 Å². The number of aliphatic hydroxyl groups is 1. The van der Waals surface area contributed by atoms with Gasteiger partial charge in [-0.15, -0.1) is 0 Å². The molecule has 316 valence electrons. The van der Waals surface area contributed by atoms with Gasteiger partial charge in [0.15, 0.2) is 0 Å². The second kappa shape index (κ2) is 16.5. The number of benzene rings is 3. The summed E-state index contributed by atoms with van der Waals surface area (Å²) in [6.45, 7) is 7.65. The topological polar surface area (TPSA) is 204 Å². The Hall–Kier alpha value is -6.16. The van der Waals surface area contributed by atoms with Gasteiger partial charge in [-0.1, -0.05) is 39.0 Å². The Morgan fingerprint density at radius 1 is 0.900 bits per heavy atom. The van der Waals surface area contributed by atoms with Crippen molar-refractivity contribution < 1.29 is 38.5 Å². The molecule has 3 aliphatic rings. The van der Waals surface area contributed by atoms with E-state index in [1.54, 1.807) is 4.90 Å². The smallest absolute Gasteiger partial charge is 0.407 e. The van der Waals surface area contributed by atoms with Gasteiger partial charge in [-0.3, -0.25) is 9.59 Å². The second-order valence-electron chi connectivity index (χ2n) is 16.3. The molecule has 0 bridgehead atoms. The standard InChI is InChI=1S/C44H52N8O8/c1-7-27-11-15-34(52(27)42(55)37(22(2)3)50-44(57)59-6)39-45-19-32(47-39)25-9-12-28-26(16-25)21-60-36-18-29-24(17-30(28)36)10-13-31-38(29)49-40(46-31)35-14-8-23(4)51(35)41(54)33(20-53)48-43(56)58-5/h9-10,12-13,16-19,22-23,27,33-35,37,53H,7-8,11,14-15,20-21H2,1-6H3,(H,45,47)(H,46,49)(H,48,56)(H,50,57)/t23-,27-,33-,34-,35-,37-/m0/s1. The number of rotatable bonds is 10. The summed E-state index contributed by atoms with van der Waals surface area (Å²) in [6.07, 6.45) is 4.19. The molecule has 3 aromatic carbocycles. The molecule has 2 aromatic heterocycles. The number of methoxy groups -OCH3 is 2. The summed E-state index contributed by atoms with van der Waals surface area (Å²) in [5.41, 5.74) is 6.43. The maximum absolute atomic E-state index is 14.0. The number of hydrogen-bond acceptors (Lipinski definition) is 10. The van der Waals surface area contributed by atoms with Crippen molar-refractivity contribution in [3.8, 4) is 28.1 Å². The molecule has 3 aliphatic heterocycles. The Morgan fingerprint density at radius 3 is 2.38 bits per heavy atom. The predicted octanol–water partition coefficient (Wildman–Crippen LogP) is 6.26. The Labute approximate surface area is 347 Å². The zero-order valence-electron chi connectivity index (χ0n) is 34.7. The zero-order valence-corrected chi connectivity index (χ0v) is 34.7. The molecule has 2 fully saturated rings. The lowest BCUT2D eigenvalue weighted by molar-refractivity contribution is -0.138. The minimum Gasteiger partial charge on any atom is -0.488 e. The molecule has 8 rings (SSSR count). The van der Waals surface area contributed by atoms with Crippen LogP contribution < -0.4 is 15.4 Å².